The van der Waals surface area contributed by atoms with Gasteiger partial charge in [-0.2, -0.15) is 0 Å². The molecule has 0 aliphatic carbocycles. The number of amides is 2. The van der Waals surface area contributed by atoms with Crippen LogP contribution in [0.1, 0.15) is 50.3 Å². The lowest BCUT2D eigenvalue weighted by atomic mass is 10.1. The maximum atomic E-state index is 14.1. The van der Waals surface area contributed by atoms with Crippen molar-refractivity contribution in [1.82, 2.24) is 10.2 Å². The van der Waals surface area contributed by atoms with E-state index in [1.807, 2.05) is 52.0 Å². The fraction of sp³-hybridized carbons (Fsp3) is 0.355. The molecule has 0 fully saturated rings. The number of hydrogen-bond acceptors (Lipinski definition) is 4. The number of carbonyl (C=O) groups is 2. The number of nitrogens with zero attached hydrogens (tertiary/aromatic N) is 2. The number of halogens is 1. The van der Waals surface area contributed by atoms with Crippen LogP contribution < -0.4 is 9.62 Å². The highest BCUT2D eigenvalue weighted by Crippen LogP contribution is 2.31. The van der Waals surface area contributed by atoms with Gasteiger partial charge in [-0.3, -0.25) is 13.9 Å². The van der Waals surface area contributed by atoms with Gasteiger partial charge in [-0.15, -0.1) is 0 Å². The Labute approximate surface area is 243 Å². The van der Waals surface area contributed by atoms with Crippen LogP contribution in [0.25, 0.3) is 0 Å². The van der Waals surface area contributed by atoms with Crippen LogP contribution in [-0.2, 0) is 26.2 Å². The summed E-state index contributed by atoms with van der Waals surface area (Å²) in [5.74, 6) is -0.765. The molecule has 0 aromatic heterocycles. The molecule has 7 nitrogen and oxygen atoms in total. The third kappa shape index (κ3) is 7.43. The third-order valence-corrected chi connectivity index (χ3v) is 9.16. The summed E-state index contributed by atoms with van der Waals surface area (Å²) in [7, 11) is -4.15. The first-order chi connectivity index (χ1) is 19.0. The van der Waals surface area contributed by atoms with Crippen LogP contribution in [0.2, 0.25) is 5.02 Å². The van der Waals surface area contributed by atoms with Gasteiger partial charge in [0.05, 0.1) is 10.6 Å². The largest absolute Gasteiger partial charge is 0.352 e. The van der Waals surface area contributed by atoms with Crippen molar-refractivity contribution in [3.05, 3.63) is 94.5 Å². The van der Waals surface area contributed by atoms with Crippen LogP contribution in [-0.4, -0.2) is 43.8 Å². The van der Waals surface area contributed by atoms with Gasteiger partial charge in [0, 0.05) is 17.6 Å². The zero-order valence-corrected chi connectivity index (χ0v) is 25.3. The quantitative estimate of drug-likeness (QED) is 0.289. The molecular weight excluding hydrogens is 546 g/mol. The van der Waals surface area contributed by atoms with E-state index in [2.05, 4.69) is 5.32 Å². The van der Waals surface area contributed by atoms with Crippen LogP contribution in [0.3, 0.4) is 0 Å². The lowest BCUT2D eigenvalue weighted by Crippen LogP contribution is -2.53. The average Bonchev–Trinajstić information content (AvgIpc) is 2.94. The van der Waals surface area contributed by atoms with Gasteiger partial charge < -0.3 is 10.2 Å². The van der Waals surface area contributed by atoms with Crippen LogP contribution in [0.4, 0.5) is 5.69 Å². The Kier molecular flexibility index (Phi) is 10.8. The molecule has 0 heterocycles. The number of sulfonamides is 1. The van der Waals surface area contributed by atoms with E-state index in [0.717, 1.165) is 21.9 Å². The number of hydrogen-bond donors (Lipinski definition) is 1. The highest BCUT2D eigenvalue weighted by molar-refractivity contribution is 7.92. The first-order valence-corrected chi connectivity index (χ1v) is 15.3. The van der Waals surface area contributed by atoms with Crippen molar-refractivity contribution in [2.75, 3.05) is 10.8 Å². The minimum atomic E-state index is -4.15. The third-order valence-electron chi connectivity index (χ3n) is 6.98. The fourth-order valence-electron chi connectivity index (χ4n) is 4.35. The SMILES string of the molecule is CCC(C)NC(=O)C(CC)N(Cc1ccc(C)cc1)C(=O)CN(c1cccc(Cl)c1C)S(=O)(=O)c1ccccc1. The lowest BCUT2D eigenvalue weighted by Gasteiger charge is -2.34. The molecule has 3 rings (SSSR count). The van der Waals surface area contributed by atoms with Crippen molar-refractivity contribution in [1.29, 1.82) is 0 Å². The molecule has 2 amide bonds. The molecule has 0 spiro atoms. The monoisotopic (exact) mass is 583 g/mol. The van der Waals surface area contributed by atoms with E-state index in [1.165, 1.54) is 17.0 Å². The molecule has 0 radical (unpaired) electrons. The van der Waals surface area contributed by atoms with Crippen molar-refractivity contribution in [2.24, 2.45) is 0 Å². The van der Waals surface area contributed by atoms with Gasteiger partial charge in [0.15, 0.2) is 0 Å². The van der Waals surface area contributed by atoms with Crippen molar-refractivity contribution in [2.45, 2.75) is 71.0 Å². The zero-order chi connectivity index (χ0) is 29.4. The second-order valence-corrected chi connectivity index (χ2v) is 12.2. The molecule has 0 saturated carbocycles. The Morgan fingerprint density at radius 1 is 0.900 bits per heavy atom. The Morgan fingerprint density at radius 2 is 1.55 bits per heavy atom. The normalized spacial score (nSPS) is 12.8. The Balaban J connectivity index is 2.08. The molecule has 0 bridgehead atoms. The van der Waals surface area contributed by atoms with Crippen LogP contribution >= 0.6 is 11.6 Å². The Morgan fingerprint density at radius 3 is 2.15 bits per heavy atom. The van der Waals surface area contributed by atoms with Gasteiger partial charge in [0.25, 0.3) is 10.0 Å². The molecular formula is C31H38ClN3O4S. The second kappa shape index (κ2) is 13.8. The number of carbonyl (C=O) groups excluding carboxylic acids is 2. The van der Waals surface area contributed by atoms with Gasteiger partial charge in [0.2, 0.25) is 11.8 Å². The summed E-state index contributed by atoms with van der Waals surface area (Å²) in [5.41, 5.74) is 2.74. The first-order valence-electron chi connectivity index (χ1n) is 13.5. The van der Waals surface area contributed by atoms with E-state index in [4.69, 9.17) is 11.6 Å². The highest BCUT2D eigenvalue weighted by atomic mass is 35.5. The smallest absolute Gasteiger partial charge is 0.264 e. The molecule has 3 aromatic carbocycles. The molecule has 0 aliphatic rings. The van der Waals surface area contributed by atoms with E-state index in [1.54, 1.807) is 43.3 Å². The minimum absolute atomic E-state index is 0.0498. The summed E-state index contributed by atoms with van der Waals surface area (Å²) in [6, 6.07) is 19.8. The fourth-order valence-corrected chi connectivity index (χ4v) is 6.01. The average molecular weight is 584 g/mol. The molecule has 2 atom stereocenters. The molecule has 40 heavy (non-hydrogen) atoms. The molecule has 1 N–H and O–H groups in total. The summed E-state index contributed by atoms with van der Waals surface area (Å²) >= 11 is 6.38. The number of rotatable bonds is 12. The Hall–Kier alpha value is -3.36. The van der Waals surface area contributed by atoms with Crippen molar-refractivity contribution in [3.63, 3.8) is 0 Å². The van der Waals surface area contributed by atoms with E-state index in [-0.39, 0.29) is 23.4 Å². The van der Waals surface area contributed by atoms with Crippen LogP contribution in [0, 0.1) is 13.8 Å². The van der Waals surface area contributed by atoms with Gasteiger partial charge in [-0.05, 0) is 69.0 Å². The maximum absolute atomic E-state index is 14.1. The van der Waals surface area contributed by atoms with Crippen molar-refractivity contribution in [3.8, 4) is 0 Å². The highest BCUT2D eigenvalue weighted by Gasteiger charge is 2.34. The number of aryl methyl sites for hydroxylation is 1. The first kappa shape index (κ1) is 31.2. The second-order valence-electron chi connectivity index (χ2n) is 9.96. The molecule has 3 aromatic rings. The predicted molar refractivity (Wildman–Crippen MR) is 161 cm³/mol. The van der Waals surface area contributed by atoms with E-state index in [0.29, 0.717) is 22.7 Å². The summed E-state index contributed by atoms with van der Waals surface area (Å²) < 4.78 is 29.0. The van der Waals surface area contributed by atoms with Gasteiger partial charge in [-0.25, -0.2) is 8.42 Å². The summed E-state index contributed by atoms with van der Waals surface area (Å²) in [4.78, 5) is 29.0. The van der Waals surface area contributed by atoms with Crippen LogP contribution in [0.5, 0.6) is 0 Å². The molecule has 9 heteroatoms. The topological polar surface area (TPSA) is 86.8 Å². The zero-order valence-electron chi connectivity index (χ0n) is 23.7. The molecule has 0 aliphatic heterocycles. The predicted octanol–water partition coefficient (Wildman–Crippen LogP) is 5.87. The van der Waals surface area contributed by atoms with Crippen molar-refractivity contribution < 1.29 is 18.0 Å². The Bertz CT molecular complexity index is 1410. The summed E-state index contributed by atoms with van der Waals surface area (Å²) in [6.45, 7) is 9.06. The van der Waals surface area contributed by atoms with Gasteiger partial charge in [0.1, 0.15) is 12.6 Å². The van der Waals surface area contributed by atoms with E-state index < -0.39 is 28.5 Å². The van der Waals surface area contributed by atoms with Gasteiger partial charge in [-0.1, -0.05) is 79.5 Å². The molecule has 2 unspecified atom stereocenters. The number of nitrogens with one attached hydrogen (secondary N) is 1. The van der Waals surface area contributed by atoms with Crippen molar-refractivity contribution >= 4 is 39.1 Å². The minimum Gasteiger partial charge on any atom is -0.352 e. The maximum Gasteiger partial charge on any atom is 0.264 e. The standard InChI is InChI=1S/C31H38ClN3O4S/c1-6-23(4)33-31(37)28(7-2)34(20-25-18-16-22(3)17-19-25)30(36)21-35(29-15-11-14-27(32)24(29)5)40(38,39)26-12-9-8-10-13-26/h8-19,23,28H,6-7,20-21H2,1-5H3,(H,33,37). The number of anilines is 1. The molecule has 0 saturated heterocycles. The summed E-state index contributed by atoms with van der Waals surface area (Å²) in [5, 5.41) is 3.37. The molecule has 214 valence electrons. The van der Waals surface area contributed by atoms with Crippen LogP contribution in [0.15, 0.2) is 77.7 Å². The van der Waals surface area contributed by atoms with Gasteiger partial charge >= 0.3 is 0 Å². The number of benzene rings is 3. The van der Waals surface area contributed by atoms with E-state index in [9.17, 15) is 18.0 Å². The van der Waals surface area contributed by atoms with E-state index >= 15 is 0 Å². The summed E-state index contributed by atoms with van der Waals surface area (Å²) in [6.07, 6.45) is 1.10. The lowest BCUT2D eigenvalue weighted by molar-refractivity contribution is -0.140.